The molecule has 2 N–H and O–H groups in total. The van der Waals surface area contributed by atoms with Crippen LogP contribution in [0.2, 0.25) is 0 Å². The number of hydrogen-bond acceptors (Lipinski definition) is 7. The van der Waals surface area contributed by atoms with E-state index in [0.29, 0.717) is 30.9 Å². The summed E-state index contributed by atoms with van der Waals surface area (Å²) in [5.74, 6) is 1.29. The largest absolute Gasteiger partial charge is 0.497 e. The minimum atomic E-state index is -0.821. The molecule has 0 bridgehead atoms. The van der Waals surface area contributed by atoms with Gasteiger partial charge >= 0.3 is 6.09 Å². The van der Waals surface area contributed by atoms with Crippen LogP contribution in [-0.2, 0) is 9.47 Å². The summed E-state index contributed by atoms with van der Waals surface area (Å²) in [6.45, 7) is 9.38. The molecule has 31 heavy (non-hydrogen) atoms. The van der Waals surface area contributed by atoms with Crippen molar-refractivity contribution in [3.63, 3.8) is 0 Å². The molecule has 0 saturated carbocycles. The first kappa shape index (κ1) is 25.2. The molecule has 3 atom stereocenters. The van der Waals surface area contributed by atoms with Crippen LogP contribution in [0.25, 0.3) is 0 Å². The van der Waals surface area contributed by atoms with Gasteiger partial charge in [0.2, 0.25) is 0 Å². The molecule has 1 aliphatic heterocycles. The molecule has 2 rings (SSSR count). The van der Waals surface area contributed by atoms with Crippen LogP contribution >= 0.6 is 0 Å². The summed E-state index contributed by atoms with van der Waals surface area (Å²) in [5.41, 5.74) is -1.40. The number of amides is 1. The smallest absolute Gasteiger partial charge is 0.412 e. The molecule has 0 aromatic heterocycles. The Morgan fingerprint density at radius 2 is 1.84 bits per heavy atom. The summed E-state index contributed by atoms with van der Waals surface area (Å²) >= 11 is 0. The Morgan fingerprint density at radius 3 is 2.39 bits per heavy atom. The summed E-state index contributed by atoms with van der Waals surface area (Å²) in [6, 6.07) is 6.83. The molecule has 0 aliphatic carbocycles. The molecular formula is C23H37NO7. The van der Waals surface area contributed by atoms with Crippen LogP contribution < -0.4 is 9.47 Å². The molecule has 0 spiro atoms. The first-order valence-corrected chi connectivity index (χ1v) is 10.7. The van der Waals surface area contributed by atoms with Gasteiger partial charge in [-0.3, -0.25) is 4.90 Å². The Kier molecular flexibility index (Phi) is 8.57. The number of nitrogens with zero attached hydrogens (tertiary/aromatic N) is 1. The SMILES string of the molecule is COc1ccc(O[C@@H](CCO)[C@H](O)CC[C@H]2COC(C)(C)N2C(=O)OC(C)(C)C)cc1. The van der Waals surface area contributed by atoms with Gasteiger partial charge in [-0.05, 0) is 71.7 Å². The van der Waals surface area contributed by atoms with Crippen LogP contribution in [-0.4, -0.2) is 71.1 Å². The molecule has 1 amide bonds. The van der Waals surface area contributed by atoms with E-state index in [1.807, 2.05) is 34.6 Å². The molecule has 8 nitrogen and oxygen atoms in total. The third kappa shape index (κ3) is 7.26. The summed E-state index contributed by atoms with van der Waals surface area (Å²) in [7, 11) is 1.59. The number of methoxy groups -OCH3 is 1. The fraction of sp³-hybridized carbons (Fsp3) is 0.696. The maximum atomic E-state index is 12.8. The maximum absolute atomic E-state index is 12.8. The predicted molar refractivity (Wildman–Crippen MR) is 116 cm³/mol. The lowest BCUT2D eigenvalue weighted by molar-refractivity contribution is -0.0633. The number of benzene rings is 1. The topological polar surface area (TPSA) is 97.7 Å². The number of ether oxygens (including phenoxy) is 4. The van der Waals surface area contributed by atoms with Crippen LogP contribution in [0.1, 0.15) is 53.9 Å². The van der Waals surface area contributed by atoms with E-state index < -0.39 is 29.6 Å². The third-order valence-electron chi connectivity index (χ3n) is 5.15. The van der Waals surface area contributed by atoms with Crippen molar-refractivity contribution < 1.29 is 34.0 Å². The molecule has 1 heterocycles. The molecule has 1 aromatic rings. The van der Waals surface area contributed by atoms with Gasteiger partial charge in [-0.25, -0.2) is 4.79 Å². The number of aliphatic hydroxyl groups is 2. The number of hydrogen-bond donors (Lipinski definition) is 2. The van der Waals surface area contributed by atoms with Crippen LogP contribution in [0.3, 0.4) is 0 Å². The van der Waals surface area contributed by atoms with Crippen molar-refractivity contribution in [1.82, 2.24) is 4.90 Å². The number of carbonyl (C=O) groups is 1. The number of aliphatic hydroxyl groups excluding tert-OH is 2. The van der Waals surface area contributed by atoms with Crippen molar-refractivity contribution in [1.29, 1.82) is 0 Å². The first-order valence-electron chi connectivity index (χ1n) is 10.7. The van der Waals surface area contributed by atoms with Gasteiger partial charge in [0, 0.05) is 13.0 Å². The Morgan fingerprint density at radius 1 is 1.23 bits per heavy atom. The molecular weight excluding hydrogens is 402 g/mol. The van der Waals surface area contributed by atoms with Gasteiger partial charge in [0.15, 0.2) is 0 Å². The van der Waals surface area contributed by atoms with Crippen molar-refractivity contribution in [2.24, 2.45) is 0 Å². The standard InChI is InChI=1S/C23H37NO7/c1-22(2,3)31-21(27)24-16(15-29-23(24,4)5)7-12-19(26)20(13-14-25)30-18-10-8-17(28-6)9-11-18/h8-11,16,19-20,25-26H,7,12-15H2,1-6H3/t16-,19+,20-/m0/s1. The molecule has 1 saturated heterocycles. The first-order chi connectivity index (χ1) is 14.5. The van der Waals surface area contributed by atoms with Crippen molar-refractivity contribution in [3.05, 3.63) is 24.3 Å². The van der Waals surface area contributed by atoms with Gasteiger partial charge in [0.25, 0.3) is 0 Å². The van der Waals surface area contributed by atoms with Gasteiger partial charge < -0.3 is 29.2 Å². The second kappa shape index (κ2) is 10.5. The summed E-state index contributed by atoms with van der Waals surface area (Å²) in [6.07, 6.45) is -0.657. The van der Waals surface area contributed by atoms with Gasteiger partial charge in [-0.15, -0.1) is 0 Å². The van der Waals surface area contributed by atoms with E-state index in [2.05, 4.69) is 0 Å². The van der Waals surface area contributed by atoms with Crippen molar-refractivity contribution in [3.8, 4) is 11.5 Å². The second-order valence-corrected chi connectivity index (χ2v) is 9.25. The van der Waals surface area contributed by atoms with Crippen molar-refractivity contribution >= 4 is 6.09 Å². The van der Waals surface area contributed by atoms with E-state index >= 15 is 0 Å². The van der Waals surface area contributed by atoms with Crippen molar-refractivity contribution in [2.75, 3.05) is 20.3 Å². The Balaban J connectivity index is 2.01. The highest BCUT2D eigenvalue weighted by Gasteiger charge is 2.45. The zero-order chi connectivity index (χ0) is 23.2. The highest BCUT2D eigenvalue weighted by molar-refractivity contribution is 5.69. The van der Waals surface area contributed by atoms with E-state index in [1.165, 1.54) is 0 Å². The average Bonchev–Trinajstić information content (AvgIpc) is 2.99. The lowest BCUT2D eigenvalue weighted by Gasteiger charge is -2.35. The lowest BCUT2D eigenvalue weighted by atomic mass is 10.0. The van der Waals surface area contributed by atoms with Crippen molar-refractivity contribution in [2.45, 2.75) is 83.5 Å². The monoisotopic (exact) mass is 439 g/mol. The van der Waals surface area contributed by atoms with E-state index in [9.17, 15) is 15.0 Å². The van der Waals surface area contributed by atoms with Gasteiger partial charge in [0.05, 0.1) is 25.9 Å². The summed E-state index contributed by atoms with van der Waals surface area (Å²) < 4.78 is 22.4. The van der Waals surface area contributed by atoms with E-state index in [1.54, 1.807) is 36.3 Å². The van der Waals surface area contributed by atoms with Crippen LogP contribution in [0, 0.1) is 0 Å². The normalized spacial score (nSPS) is 20.3. The van der Waals surface area contributed by atoms with Gasteiger partial charge in [-0.2, -0.15) is 0 Å². The minimum Gasteiger partial charge on any atom is -0.497 e. The van der Waals surface area contributed by atoms with Crippen LogP contribution in [0.5, 0.6) is 11.5 Å². The van der Waals surface area contributed by atoms with Crippen LogP contribution in [0.15, 0.2) is 24.3 Å². The molecule has 0 unspecified atom stereocenters. The molecule has 1 aliphatic rings. The van der Waals surface area contributed by atoms with E-state index in [4.69, 9.17) is 18.9 Å². The predicted octanol–water partition coefficient (Wildman–Crippen LogP) is 3.34. The average molecular weight is 440 g/mol. The van der Waals surface area contributed by atoms with Gasteiger partial charge in [-0.1, -0.05) is 0 Å². The second-order valence-electron chi connectivity index (χ2n) is 9.25. The molecule has 0 radical (unpaired) electrons. The summed E-state index contributed by atoms with van der Waals surface area (Å²) in [4.78, 5) is 14.4. The zero-order valence-corrected chi connectivity index (χ0v) is 19.5. The minimum absolute atomic E-state index is 0.110. The molecule has 1 fully saturated rings. The van der Waals surface area contributed by atoms with E-state index in [0.717, 1.165) is 0 Å². The Bertz CT molecular complexity index is 699. The van der Waals surface area contributed by atoms with Crippen LogP contribution in [0.4, 0.5) is 4.79 Å². The molecule has 176 valence electrons. The maximum Gasteiger partial charge on any atom is 0.412 e. The van der Waals surface area contributed by atoms with Gasteiger partial charge in [0.1, 0.15) is 28.9 Å². The lowest BCUT2D eigenvalue weighted by Crippen LogP contribution is -2.50. The highest BCUT2D eigenvalue weighted by atomic mass is 16.6. The number of rotatable bonds is 9. The highest BCUT2D eigenvalue weighted by Crippen LogP contribution is 2.32. The summed E-state index contributed by atoms with van der Waals surface area (Å²) in [5, 5.41) is 20.2. The molecule has 8 heteroatoms. The quantitative estimate of drug-likeness (QED) is 0.609. The molecule has 1 aromatic carbocycles. The zero-order valence-electron chi connectivity index (χ0n) is 19.5. The van der Waals surface area contributed by atoms with E-state index in [-0.39, 0.29) is 19.1 Å². The fourth-order valence-electron chi connectivity index (χ4n) is 3.61. The Labute approximate surface area is 185 Å². The third-order valence-corrected chi connectivity index (χ3v) is 5.15. The fourth-order valence-corrected chi connectivity index (χ4v) is 3.61. The number of carbonyl (C=O) groups excluding carboxylic acids is 1. The Hall–Kier alpha value is -2.03.